The van der Waals surface area contributed by atoms with Crippen LogP contribution in [0.1, 0.15) is 10.4 Å². The Morgan fingerprint density at radius 3 is 2.63 bits per heavy atom. The predicted molar refractivity (Wildman–Crippen MR) is 102 cm³/mol. The van der Waals surface area contributed by atoms with Crippen molar-refractivity contribution in [2.75, 3.05) is 32.7 Å². The molecule has 0 spiro atoms. The minimum Gasteiger partial charge on any atom is -0.336 e. The number of aryl methyl sites for hydroxylation is 1. The first kappa shape index (κ1) is 17.4. The molecule has 27 heavy (non-hydrogen) atoms. The highest BCUT2D eigenvalue weighted by Crippen LogP contribution is 2.18. The van der Waals surface area contributed by atoms with Crippen LogP contribution in [0.25, 0.3) is 10.9 Å². The van der Waals surface area contributed by atoms with Crippen molar-refractivity contribution in [2.24, 2.45) is 7.05 Å². The van der Waals surface area contributed by atoms with Gasteiger partial charge >= 0.3 is 0 Å². The summed E-state index contributed by atoms with van der Waals surface area (Å²) in [7, 11) is 1.73. The van der Waals surface area contributed by atoms with Gasteiger partial charge in [-0.3, -0.25) is 19.2 Å². The molecule has 1 aromatic carbocycles. The van der Waals surface area contributed by atoms with E-state index in [0.29, 0.717) is 18.7 Å². The van der Waals surface area contributed by atoms with Gasteiger partial charge in [0.2, 0.25) is 0 Å². The number of fused-ring (bicyclic) bond motifs is 1. The summed E-state index contributed by atoms with van der Waals surface area (Å²) in [6, 6.07) is 9.00. The highest BCUT2D eigenvalue weighted by atomic mass is 16.2. The third kappa shape index (κ3) is 3.48. The Kier molecular flexibility index (Phi) is 4.72. The second-order valence-electron chi connectivity index (χ2n) is 6.76. The molecule has 8 heteroatoms. The highest BCUT2D eigenvalue weighted by Gasteiger charge is 2.24. The Morgan fingerprint density at radius 1 is 1.11 bits per heavy atom. The molecule has 0 unspecified atom stereocenters. The van der Waals surface area contributed by atoms with E-state index >= 15 is 0 Å². The van der Waals surface area contributed by atoms with Crippen LogP contribution in [0.15, 0.2) is 47.8 Å². The molecule has 4 rings (SSSR count). The van der Waals surface area contributed by atoms with E-state index in [1.165, 1.54) is 12.4 Å². The molecule has 1 amide bonds. The number of nitrogens with zero attached hydrogens (tertiary/aromatic N) is 6. The third-order valence-electron chi connectivity index (χ3n) is 5.16. The number of rotatable bonds is 4. The summed E-state index contributed by atoms with van der Waals surface area (Å²) in [4.78, 5) is 33.4. The zero-order chi connectivity index (χ0) is 18.8. The molecular weight excluding hydrogens is 344 g/mol. The van der Waals surface area contributed by atoms with Gasteiger partial charge in [-0.2, -0.15) is 5.10 Å². The molecular formula is C19H22N6O2. The van der Waals surface area contributed by atoms with Crippen LogP contribution in [-0.4, -0.2) is 67.8 Å². The lowest BCUT2D eigenvalue weighted by molar-refractivity contribution is 0.0633. The number of para-hydroxylation sites is 1. The summed E-state index contributed by atoms with van der Waals surface area (Å²) in [6.07, 6.45) is 3.24. The number of benzene rings is 1. The van der Waals surface area contributed by atoms with Crippen molar-refractivity contribution in [3.63, 3.8) is 0 Å². The third-order valence-corrected chi connectivity index (χ3v) is 5.16. The maximum Gasteiger partial charge on any atom is 0.254 e. The van der Waals surface area contributed by atoms with E-state index in [9.17, 15) is 9.59 Å². The minimum atomic E-state index is -0.163. The molecule has 0 bridgehead atoms. The fraction of sp³-hybridized carbons (Fsp3) is 0.368. The fourth-order valence-electron chi connectivity index (χ4n) is 3.52. The quantitative estimate of drug-likeness (QED) is 0.675. The van der Waals surface area contributed by atoms with Crippen molar-refractivity contribution in [1.29, 1.82) is 0 Å². The first-order chi connectivity index (χ1) is 13.1. The second-order valence-corrected chi connectivity index (χ2v) is 6.76. The van der Waals surface area contributed by atoms with E-state index in [-0.39, 0.29) is 11.5 Å². The summed E-state index contributed by atoms with van der Waals surface area (Å²) in [5.41, 5.74) is 1.10. The fourth-order valence-corrected chi connectivity index (χ4v) is 3.52. The lowest BCUT2D eigenvalue weighted by atomic mass is 10.1. The number of pyridine rings is 1. The minimum absolute atomic E-state index is 0.0696. The van der Waals surface area contributed by atoms with Crippen LogP contribution in [0.4, 0.5) is 0 Å². The molecule has 0 aliphatic carbocycles. The van der Waals surface area contributed by atoms with E-state index in [4.69, 9.17) is 0 Å². The lowest BCUT2D eigenvalue weighted by Gasteiger charge is -2.34. The van der Waals surface area contributed by atoms with Gasteiger partial charge in [0.05, 0.1) is 17.6 Å². The normalized spacial score (nSPS) is 15.4. The first-order valence-corrected chi connectivity index (χ1v) is 9.06. The van der Waals surface area contributed by atoms with Gasteiger partial charge < -0.3 is 9.47 Å². The predicted octanol–water partition coefficient (Wildman–Crippen LogP) is 0.588. The molecule has 0 N–H and O–H groups in total. The summed E-state index contributed by atoms with van der Waals surface area (Å²) < 4.78 is 3.39. The van der Waals surface area contributed by atoms with Gasteiger partial charge in [-0.15, -0.1) is 0 Å². The van der Waals surface area contributed by atoms with Crippen molar-refractivity contribution < 1.29 is 4.79 Å². The Bertz CT molecular complexity index is 1000. The van der Waals surface area contributed by atoms with E-state index in [2.05, 4.69) is 15.0 Å². The number of hydrogen-bond donors (Lipinski definition) is 0. The molecule has 8 nitrogen and oxygen atoms in total. The van der Waals surface area contributed by atoms with Crippen molar-refractivity contribution in [3.8, 4) is 0 Å². The largest absolute Gasteiger partial charge is 0.336 e. The first-order valence-electron chi connectivity index (χ1n) is 9.06. The van der Waals surface area contributed by atoms with E-state index in [1.54, 1.807) is 17.9 Å². The topological polar surface area (TPSA) is 76.3 Å². The lowest BCUT2D eigenvalue weighted by Crippen LogP contribution is -2.49. The van der Waals surface area contributed by atoms with E-state index in [1.807, 2.05) is 33.8 Å². The molecule has 140 valence electrons. The molecule has 3 aromatic rings. The molecule has 0 saturated carbocycles. The van der Waals surface area contributed by atoms with E-state index < -0.39 is 0 Å². The van der Waals surface area contributed by atoms with Crippen LogP contribution >= 0.6 is 0 Å². The van der Waals surface area contributed by atoms with Crippen LogP contribution < -0.4 is 5.56 Å². The van der Waals surface area contributed by atoms with Crippen LogP contribution in [-0.2, 0) is 13.6 Å². The molecule has 2 aromatic heterocycles. The summed E-state index contributed by atoms with van der Waals surface area (Å²) in [5.74, 6) is -0.0696. The monoisotopic (exact) mass is 366 g/mol. The van der Waals surface area contributed by atoms with Gasteiger partial charge in [0, 0.05) is 51.2 Å². The van der Waals surface area contributed by atoms with Gasteiger partial charge in [0.25, 0.3) is 11.5 Å². The van der Waals surface area contributed by atoms with Crippen LogP contribution in [0.3, 0.4) is 0 Å². The van der Waals surface area contributed by atoms with Crippen LogP contribution in [0.2, 0.25) is 0 Å². The number of hydrogen-bond acceptors (Lipinski definition) is 5. The number of carbonyl (C=O) groups excluding carboxylic acids is 1. The van der Waals surface area contributed by atoms with Gasteiger partial charge in [-0.1, -0.05) is 18.2 Å². The van der Waals surface area contributed by atoms with Crippen molar-refractivity contribution in [2.45, 2.75) is 6.54 Å². The summed E-state index contributed by atoms with van der Waals surface area (Å²) >= 11 is 0. The second kappa shape index (κ2) is 7.32. The molecule has 1 fully saturated rings. The van der Waals surface area contributed by atoms with Crippen molar-refractivity contribution >= 4 is 16.8 Å². The maximum atomic E-state index is 13.1. The Labute approximate surface area is 156 Å². The van der Waals surface area contributed by atoms with E-state index in [0.717, 1.165) is 37.1 Å². The zero-order valence-corrected chi connectivity index (χ0v) is 15.3. The van der Waals surface area contributed by atoms with Crippen LogP contribution in [0.5, 0.6) is 0 Å². The smallest absolute Gasteiger partial charge is 0.254 e. The molecule has 0 atom stereocenters. The summed E-state index contributed by atoms with van der Waals surface area (Å²) in [5, 5.41) is 4.93. The van der Waals surface area contributed by atoms with Crippen molar-refractivity contribution in [1.82, 2.24) is 29.1 Å². The number of piperazine rings is 1. The molecule has 1 aliphatic rings. The zero-order valence-electron chi connectivity index (χ0n) is 15.3. The average Bonchev–Trinajstić information content (AvgIpc) is 3.23. The Hall–Kier alpha value is -3.00. The van der Waals surface area contributed by atoms with Gasteiger partial charge in [-0.05, 0) is 6.07 Å². The SMILES string of the molecule is Cn1c(=O)cc(C(=O)N2CCN(CCn3cncn3)CC2)c2ccccc21. The average molecular weight is 366 g/mol. The van der Waals surface area contributed by atoms with Gasteiger partial charge in [0.1, 0.15) is 12.7 Å². The number of amides is 1. The van der Waals surface area contributed by atoms with Gasteiger partial charge in [-0.25, -0.2) is 4.98 Å². The summed E-state index contributed by atoms with van der Waals surface area (Å²) in [6.45, 7) is 4.58. The van der Waals surface area contributed by atoms with Crippen molar-refractivity contribution in [3.05, 3.63) is 58.9 Å². The Balaban J connectivity index is 1.46. The highest BCUT2D eigenvalue weighted by molar-refractivity contribution is 6.06. The van der Waals surface area contributed by atoms with Crippen LogP contribution in [0, 0.1) is 0 Å². The molecule has 3 heterocycles. The molecule has 1 saturated heterocycles. The molecule has 1 aliphatic heterocycles. The maximum absolute atomic E-state index is 13.1. The number of aromatic nitrogens is 4. The standard InChI is InChI=1S/C19H22N6O2/c1-22-17-5-3-2-4-15(17)16(12-18(22)26)19(27)24-9-6-23(7-10-24)8-11-25-14-20-13-21-25/h2-5,12-14H,6-11H2,1H3. The molecule has 0 radical (unpaired) electrons. The Morgan fingerprint density at radius 2 is 1.89 bits per heavy atom. The van der Waals surface area contributed by atoms with Gasteiger partial charge in [0.15, 0.2) is 0 Å². The number of carbonyl (C=O) groups is 1.